The van der Waals surface area contributed by atoms with Gasteiger partial charge >= 0.3 is 0 Å². The number of carbonyl (C=O) groups excluding carboxylic acids is 2. The lowest BCUT2D eigenvalue weighted by Gasteiger charge is -2.17. The van der Waals surface area contributed by atoms with Crippen molar-refractivity contribution in [1.82, 2.24) is 0 Å². The number of anilines is 2. The second kappa shape index (κ2) is 9.14. The fourth-order valence-corrected chi connectivity index (χ4v) is 3.66. The zero-order valence-electron chi connectivity index (χ0n) is 18.4. The van der Waals surface area contributed by atoms with Gasteiger partial charge in [0.25, 0.3) is 0 Å². The largest absolute Gasteiger partial charge is 0.497 e. The van der Waals surface area contributed by atoms with Crippen LogP contribution in [-0.4, -0.2) is 25.5 Å². The van der Waals surface area contributed by atoms with Gasteiger partial charge in [0.1, 0.15) is 17.2 Å². The minimum absolute atomic E-state index is 0.0625. The van der Waals surface area contributed by atoms with Crippen LogP contribution in [0.2, 0.25) is 0 Å². The Labute approximate surface area is 187 Å². The highest BCUT2D eigenvalue weighted by atomic mass is 16.5. The number of amides is 2. The number of nitrogens with zero attached hydrogens (tertiary/aromatic N) is 1. The molecule has 0 aliphatic carbocycles. The number of carbonyl (C=O) groups is 2. The van der Waals surface area contributed by atoms with Crippen LogP contribution in [0.5, 0.6) is 17.2 Å². The van der Waals surface area contributed by atoms with Gasteiger partial charge in [0.05, 0.1) is 13.0 Å². The summed E-state index contributed by atoms with van der Waals surface area (Å²) in [7, 11) is 1.60. The molecule has 0 unspecified atom stereocenters. The zero-order chi connectivity index (χ0) is 22.7. The standard InChI is InChI=1S/C26H26N2O4/c1-17-4-9-24(14-18(17)2)32-23-10-5-20(6-11-23)27-26(30)19-15-25(29)28(16-19)21-7-12-22(31-3)13-8-21/h4-14,19H,15-16H2,1-3H3,(H,27,30)/t19-/m0/s1. The summed E-state index contributed by atoms with van der Waals surface area (Å²) in [6, 6.07) is 20.4. The average Bonchev–Trinajstić information content (AvgIpc) is 3.19. The highest BCUT2D eigenvalue weighted by Crippen LogP contribution is 2.28. The van der Waals surface area contributed by atoms with E-state index in [1.54, 1.807) is 36.3 Å². The predicted octanol–water partition coefficient (Wildman–Crippen LogP) is 5.10. The van der Waals surface area contributed by atoms with Gasteiger partial charge in [0.2, 0.25) is 11.8 Å². The van der Waals surface area contributed by atoms with Crippen molar-refractivity contribution in [2.45, 2.75) is 20.3 Å². The molecule has 2 amide bonds. The summed E-state index contributed by atoms with van der Waals surface area (Å²) in [5.74, 6) is 1.54. The minimum atomic E-state index is -0.406. The van der Waals surface area contributed by atoms with E-state index in [1.807, 2.05) is 49.4 Å². The molecule has 1 fully saturated rings. The Kier molecular flexibility index (Phi) is 6.12. The molecule has 1 aliphatic rings. The molecule has 1 aliphatic heterocycles. The van der Waals surface area contributed by atoms with Crippen LogP contribution >= 0.6 is 0 Å². The van der Waals surface area contributed by atoms with Crippen LogP contribution in [0.1, 0.15) is 17.5 Å². The second-order valence-electron chi connectivity index (χ2n) is 7.97. The van der Waals surface area contributed by atoms with Crippen molar-refractivity contribution in [2.24, 2.45) is 5.92 Å². The lowest BCUT2D eigenvalue weighted by molar-refractivity contribution is -0.122. The van der Waals surface area contributed by atoms with Crippen molar-refractivity contribution >= 4 is 23.2 Å². The monoisotopic (exact) mass is 430 g/mol. The van der Waals surface area contributed by atoms with Gasteiger partial charge in [0, 0.05) is 24.3 Å². The Bertz CT molecular complexity index is 1120. The first-order chi connectivity index (χ1) is 15.4. The molecule has 3 aromatic carbocycles. The van der Waals surface area contributed by atoms with E-state index >= 15 is 0 Å². The number of rotatable bonds is 6. The molecule has 0 aromatic heterocycles. The maximum Gasteiger partial charge on any atom is 0.229 e. The lowest BCUT2D eigenvalue weighted by atomic mass is 10.1. The molecule has 3 aromatic rings. The molecule has 0 saturated carbocycles. The second-order valence-corrected chi connectivity index (χ2v) is 7.97. The molecule has 0 bridgehead atoms. The maximum atomic E-state index is 12.7. The van der Waals surface area contributed by atoms with E-state index in [-0.39, 0.29) is 18.2 Å². The fraction of sp³-hybridized carbons (Fsp3) is 0.231. The van der Waals surface area contributed by atoms with Gasteiger partial charge in [-0.1, -0.05) is 6.07 Å². The maximum absolute atomic E-state index is 12.7. The normalized spacial score (nSPS) is 15.5. The molecule has 1 saturated heterocycles. The van der Waals surface area contributed by atoms with Gasteiger partial charge in [-0.05, 0) is 85.6 Å². The van der Waals surface area contributed by atoms with Crippen molar-refractivity contribution < 1.29 is 19.1 Å². The summed E-state index contributed by atoms with van der Waals surface area (Å²) in [5.41, 5.74) is 3.81. The topological polar surface area (TPSA) is 67.9 Å². The number of ether oxygens (including phenoxy) is 2. The van der Waals surface area contributed by atoms with E-state index in [1.165, 1.54) is 11.1 Å². The van der Waals surface area contributed by atoms with E-state index in [0.29, 0.717) is 18.0 Å². The van der Waals surface area contributed by atoms with E-state index < -0.39 is 5.92 Å². The number of methoxy groups -OCH3 is 1. The first-order valence-corrected chi connectivity index (χ1v) is 10.5. The van der Waals surface area contributed by atoms with E-state index in [0.717, 1.165) is 17.2 Å². The van der Waals surface area contributed by atoms with Crippen LogP contribution in [0, 0.1) is 19.8 Å². The molecular formula is C26H26N2O4. The highest BCUT2D eigenvalue weighted by molar-refractivity contribution is 6.03. The summed E-state index contributed by atoms with van der Waals surface area (Å²) in [6.45, 7) is 4.46. The van der Waals surface area contributed by atoms with Gasteiger partial charge in [-0.25, -0.2) is 0 Å². The molecular weight excluding hydrogens is 404 g/mol. The van der Waals surface area contributed by atoms with E-state index in [9.17, 15) is 9.59 Å². The number of benzene rings is 3. The van der Waals surface area contributed by atoms with Gasteiger partial charge < -0.3 is 19.7 Å². The Balaban J connectivity index is 1.36. The van der Waals surface area contributed by atoms with Crippen LogP contribution in [0.3, 0.4) is 0 Å². The number of nitrogens with one attached hydrogen (secondary N) is 1. The Morgan fingerprint density at radius 2 is 1.56 bits per heavy atom. The first kappa shape index (κ1) is 21.4. The molecule has 164 valence electrons. The van der Waals surface area contributed by atoms with E-state index in [2.05, 4.69) is 12.2 Å². The third-order valence-corrected chi connectivity index (χ3v) is 5.72. The molecule has 0 spiro atoms. The highest BCUT2D eigenvalue weighted by Gasteiger charge is 2.35. The minimum Gasteiger partial charge on any atom is -0.497 e. The molecule has 32 heavy (non-hydrogen) atoms. The van der Waals surface area contributed by atoms with Crippen molar-refractivity contribution in [1.29, 1.82) is 0 Å². The van der Waals surface area contributed by atoms with Crippen molar-refractivity contribution in [3.8, 4) is 17.2 Å². The zero-order valence-corrected chi connectivity index (χ0v) is 18.4. The van der Waals surface area contributed by atoms with Gasteiger partial charge in [-0.2, -0.15) is 0 Å². The van der Waals surface area contributed by atoms with Crippen molar-refractivity contribution in [2.75, 3.05) is 23.9 Å². The molecule has 4 rings (SSSR count). The summed E-state index contributed by atoms with van der Waals surface area (Å²) < 4.78 is 11.1. The number of aryl methyl sites for hydroxylation is 2. The first-order valence-electron chi connectivity index (χ1n) is 10.5. The average molecular weight is 431 g/mol. The third kappa shape index (κ3) is 4.75. The molecule has 6 nitrogen and oxygen atoms in total. The quantitative estimate of drug-likeness (QED) is 0.591. The summed E-state index contributed by atoms with van der Waals surface area (Å²) in [5, 5.41) is 2.91. The summed E-state index contributed by atoms with van der Waals surface area (Å²) in [6.07, 6.45) is 0.186. The Morgan fingerprint density at radius 1 is 0.906 bits per heavy atom. The SMILES string of the molecule is COc1ccc(N2C[C@@H](C(=O)Nc3ccc(Oc4ccc(C)c(C)c4)cc3)CC2=O)cc1. The summed E-state index contributed by atoms with van der Waals surface area (Å²) >= 11 is 0. The van der Waals surface area contributed by atoms with Crippen LogP contribution in [0.25, 0.3) is 0 Å². The van der Waals surface area contributed by atoms with Gasteiger partial charge in [-0.15, -0.1) is 0 Å². The Morgan fingerprint density at radius 3 is 2.22 bits per heavy atom. The lowest BCUT2D eigenvalue weighted by Crippen LogP contribution is -2.28. The van der Waals surface area contributed by atoms with Gasteiger partial charge in [0.15, 0.2) is 0 Å². The van der Waals surface area contributed by atoms with Crippen LogP contribution in [0.15, 0.2) is 66.7 Å². The van der Waals surface area contributed by atoms with Crippen molar-refractivity contribution in [3.63, 3.8) is 0 Å². The molecule has 6 heteroatoms. The Hall–Kier alpha value is -3.80. The molecule has 1 atom stereocenters. The van der Waals surface area contributed by atoms with Crippen LogP contribution in [0.4, 0.5) is 11.4 Å². The number of hydrogen-bond donors (Lipinski definition) is 1. The molecule has 0 radical (unpaired) electrons. The summed E-state index contributed by atoms with van der Waals surface area (Å²) in [4.78, 5) is 26.8. The fourth-order valence-electron chi connectivity index (χ4n) is 3.66. The van der Waals surface area contributed by atoms with Crippen LogP contribution in [-0.2, 0) is 9.59 Å². The smallest absolute Gasteiger partial charge is 0.229 e. The number of hydrogen-bond acceptors (Lipinski definition) is 4. The van der Waals surface area contributed by atoms with Crippen LogP contribution < -0.4 is 19.7 Å². The van der Waals surface area contributed by atoms with E-state index in [4.69, 9.17) is 9.47 Å². The predicted molar refractivity (Wildman–Crippen MR) is 125 cm³/mol. The third-order valence-electron chi connectivity index (χ3n) is 5.72. The molecule has 1 N–H and O–H groups in total. The molecule has 1 heterocycles. The van der Waals surface area contributed by atoms with Gasteiger partial charge in [-0.3, -0.25) is 9.59 Å². The van der Waals surface area contributed by atoms with Crippen molar-refractivity contribution in [3.05, 3.63) is 77.9 Å².